The zero-order chi connectivity index (χ0) is 19.4. The molecule has 3 rings (SSSR count). The number of carbonyl (C=O) groups is 1. The topological polar surface area (TPSA) is 57.7 Å². The van der Waals surface area contributed by atoms with Crippen molar-refractivity contribution >= 4 is 27.7 Å². The molecule has 2 aromatic rings. The van der Waals surface area contributed by atoms with E-state index >= 15 is 0 Å². The van der Waals surface area contributed by atoms with Crippen molar-refractivity contribution in [1.29, 1.82) is 0 Å². The largest absolute Gasteiger partial charge is 0.339 e. The van der Waals surface area contributed by atoms with Gasteiger partial charge in [0.05, 0.1) is 10.6 Å². The first-order valence-electron chi connectivity index (χ1n) is 8.29. The number of amides is 1. The molecule has 0 aliphatic carbocycles. The molecule has 0 bridgehead atoms. The van der Waals surface area contributed by atoms with E-state index in [0.29, 0.717) is 0 Å². The van der Waals surface area contributed by atoms with E-state index in [9.17, 15) is 22.0 Å². The van der Waals surface area contributed by atoms with Crippen LogP contribution in [0.15, 0.2) is 58.3 Å². The summed E-state index contributed by atoms with van der Waals surface area (Å²) in [5.74, 6) is -1.57. The number of benzene rings is 2. The predicted molar refractivity (Wildman–Crippen MR) is 98.9 cm³/mol. The smallest absolute Gasteiger partial charge is 0.243 e. The molecule has 0 saturated carbocycles. The third-order valence-electron chi connectivity index (χ3n) is 4.22. The third-order valence-corrected chi connectivity index (χ3v) is 7.16. The fourth-order valence-electron chi connectivity index (χ4n) is 2.74. The molecule has 1 saturated heterocycles. The minimum atomic E-state index is -3.57. The molecule has 1 heterocycles. The number of carbonyl (C=O) groups excluding carboxylic acids is 1. The molecule has 0 radical (unpaired) electrons. The van der Waals surface area contributed by atoms with Gasteiger partial charge in [-0.1, -0.05) is 18.2 Å². The minimum Gasteiger partial charge on any atom is -0.339 e. The van der Waals surface area contributed by atoms with Crippen LogP contribution in [0.25, 0.3) is 0 Å². The maximum atomic E-state index is 13.6. The Morgan fingerprint density at radius 3 is 2.30 bits per heavy atom. The Bertz CT molecular complexity index is 915. The Morgan fingerprint density at radius 2 is 1.67 bits per heavy atom. The number of nitrogens with zero attached hydrogens (tertiary/aromatic N) is 2. The maximum absolute atomic E-state index is 13.6. The summed E-state index contributed by atoms with van der Waals surface area (Å²) in [6, 6.07) is 11.4. The lowest BCUT2D eigenvalue weighted by molar-refractivity contribution is -0.129. The highest BCUT2D eigenvalue weighted by Gasteiger charge is 2.29. The molecule has 0 N–H and O–H groups in total. The number of rotatable bonds is 5. The van der Waals surface area contributed by atoms with E-state index in [1.807, 2.05) is 0 Å². The Morgan fingerprint density at radius 1 is 1.00 bits per heavy atom. The van der Waals surface area contributed by atoms with Crippen molar-refractivity contribution in [2.75, 3.05) is 31.9 Å². The fraction of sp³-hybridized carbons (Fsp3) is 0.278. The van der Waals surface area contributed by atoms with E-state index in [2.05, 4.69) is 0 Å². The summed E-state index contributed by atoms with van der Waals surface area (Å²) in [4.78, 5) is 14.3. The van der Waals surface area contributed by atoms with E-state index in [0.717, 1.165) is 23.9 Å². The van der Waals surface area contributed by atoms with Gasteiger partial charge in [0, 0.05) is 37.1 Å². The number of hydrogen-bond donors (Lipinski definition) is 0. The number of thioether (sulfide) groups is 1. The van der Waals surface area contributed by atoms with E-state index in [-0.39, 0.29) is 47.6 Å². The zero-order valence-electron chi connectivity index (χ0n) is 14.3. The molecule has 1 aliphatic rings. The third kappa shape index (κ3) is 4.66. The lowest BCUT2D eigenvalue weighted by atomic mass is 10.3. The molecule has 1 amide bonds. The Kier molecular flexibility index (Phi) is 6.13. The van der Waals surface area contributed by atoms with Crippen molar-refractivity contribution in [3.63, 3.8) is 0 Å². The second-order valence-corrected chi connectivity index (χ2v) is 8.92. The molecule has 1 aliphatic heterocycles. The molecular formula is C18H18F2N2O3S2. The summed E-state index contributed by atoms with van der Waals surface area (Å²) < 4.78 is 53.1. The number of sulfonamides is 1. The Balaban J connectivity index is 1.55. The zero-order valence-corrected chi connectivity index (χ0v) is 16.0. The summed E-state index contributed by atoms with van der Waals surface area (Å²) in [7, 11) is -3.57. The van der Waals surface area contributed by atoms with Crippen LogP contribution in [0.3, 0.4) is 0 Å². The number of piperazine rings is 1. The van der Waals surface area contributed by atoms with Gasteiger partial charge in [-0.3, -0.25) is 4.79 Å². The molecule has 0 spiro atoms. The highest BCUT2D eigenvalue weighted by Crippen LogP contribution is 2.23. The number of hydrogen-bond acceptors (Lipinski definition) is 4. The molecule has 9 heteroatoms. The highest BCUT2D eigenvalue weighted by molar-refractivity contribution is 8.00. The highest BCUT2D eigenvalue weighted by atomic mass is 32.2. The van der Waals surface area contributed by atoms with Gasteiger partial charge >= 0.3 is 0 Å². The van der Waals surface area contributed by atoms with Crippen LogP contribution in [0.5, 0.6) is 0 Å². The van der Waals surface area contributed by atoms with Crippen LogP contribution in [0, 0.1) is 11.6 Å². The monoisotopic (exact) mass is 412 g/mol. The minimum absolute atomic E-state index is 0.00792. The van der Waals surface area contributed by atoms with Crippen LogP contribution in [0.2, 0.25) is 0 Å². The van der Waals surface area contributed by atoms with Crippen LogP contribution in [0.1, 0.15) is 0 Å². The standard InChI is InChI=1S/C18H18F2N2O3S2/c19-14-6-7-17(16(20)12-14)26-13-18(23)21-8-10-22(11-9-21)27(24,25)15-4-2-1-3-5-15/h1-7,12H,8-11,13H2. The van der Waals surface area contributed by atoms with Crippen molar-refractivity contribution in [3.8, 4) is 0 Å². The van der Waals surface area contributed by atoms with Crippen LogP contribution < -0.4 is 0 Å². The summed E-state index contributed by atoms with van der Waals surface area (Å²) in [5.41, 5.74) is 0. The van der Waals surface area contributed by atoms with Gasteiger partial charge in [0.2, 0.25) is 15.9 Å². The first-order chi connectivity index (χ1) is 12.9. The van der Waals surface area contributed by atoms with Crippen LogP contribution in [0.4, 0.5) is 8.78 Å². The lowest BCUT2D eigenvalue weighted by Gasteiger charge is -2.34. The summed E-state index contributed by atoms with van der Waals surface area (Å²) in [5, 5.41) is 0. The van der Waals surface area contributed by atoms with Gasteiger partial charge in [0.15, 0.2) is 0 Å². The van der Waals surface area contributed by atoms with Crippen LogP contribution >= 0.6 is 11.8 Å². The average Bonchev–Trinajstić information content (AvgIpc) is 2.68. The fourth-order valence-corrected chi connectivity index (χ4v) is 5.01. The van der Waals surface area contributed by atoms with Gasteiger partial charge in [-0.05, 0) is 24.3 Å². The normalized spacial score (nSPS) is 15.7. The summed E-state index contributed by atoms with van der Waals surface area (Å²) in [6.45, 7) is 0.964. The van der Waals surface area contributed by atoms with Gasteiger partial charge < -0.3 is 4.90 Å². The van der Waals surface area contributed by atoms with Gasteiger partial charge in [-0.15, -0.1) is 11.8 Å². The van der Waals surface area contributed by atoms with Crippen molar-refractivity contribution in [2.45, 2.75) is 9.79 Å². The Labute approximate surface area is 161 Å². The van der Waals surface area contributed by atoms with E-state index in [1.54, 1.807) is 35.2 Å². The molecule has 1 fully saturated rings. The van der Waals surface area contributed by atoms with E-state index < -0.39 is 21.7 Å². The number of halogens is 2. The van der Waals surface area contributed by atoms with Crippen molar-refractivity contribution in [2.24, 2.45) is 0 Å². The van der Waals surface area contributed by atoms with Gasteiger partial charge in [-0.25, -0.2) is 17.2 Å². The molecule has 27 heavy (non-hydrogen) atoms. The van der Waals surface area contributed by atoms with Gasteiger partial charge in [-0.2, -0.15) is 4.31 Å². The first kappa shape index (κ1) is 19.8. The predicted octanol–water partition coefficient (Wildman–Crippen LogP) is 2.59. The lowest BCUT2D eigenvalue weighted by Crippen LogP contribution is -2.50. The van der Waals surface area contributed by atoms with Crippen LogP contribution in [-0.2, 0) is 14.8 Å². The first-order valence-corrected chi connectivity index (χ1v) is 10.7. The Hall–Kier alpha value is -1.97. The molecule has 144 valence electrons. The molecule has 5 nitrogen and oxygen atoms in total. The molecule has 0 atom stereocenters. The van der Waals surface area contributed by atoms with Crippen molar-refractivity contribution in [1.82, 2.24) is 9.21 Å². The van der Waals surface area contributed by atoms with Crippen molar-refractivity contribution in [3.05, 3.63) is 60.2 Å². The molecule has 2 aromatic carbocycles. The quantitative estimate of drug-likeness (QED) is 0.709. The second kappa shape index (κ2) is 8.37. The molecular weight excluding hydrogens is 394 g/mol. The van der Waals surface area contributed by atoms with E-state index in [1.165, 1.54) is 10.4 Å². The second-order valence-electron chi connectivity index (χ2n) is 5.96. The van der Waals surface area contributed by atoms with Crippen LogP contribution in [-0.4, -0.2) is 55.5 Å². The average molecular weight is 412 g/mol. The summed E-state index contributed by atoms with van der Waals surface area (Å²) >= 11 is 0.996. The maximum Gasteiger partial charge on any atom is 0.243 e. The van der Waals surface area contributed by atoms with Crippen molar-refractivity contribution < 1.29 is 22.0 Å². The SMILES string of the molecule is O=C(CSc1ccc(F)cc1F)N1CCN(S(=O)(=O)c2ccccc2)CC1. The van der Waals surface area contributed by atoms with Gasteiger partial charge in [0.25, 0.3) is 0 Å². The molecule has 0 aromatic heterocycles. The molecule has 0 unspecified atom stereocenters. The van der Waals surface area contributed by atoms with Gasteiger partial charge in [0.1, 0.15) is 11.6 Å². The summed E-state index contributed by atoms with van der Waals surface area (Å²) in [6.07, 6.45) is 0. The van der Waals surface area contributed by atoms with E-state index in [4.69, 9.17) is 0 Å².